The van der Waals surface area contributed by atoms with Crippen LogP contribution in [0.1, 0.15) is 28.0 Å². The molecule has 170 valence electrons. The van der Waals surface area contributed by atoms with E-state index in [-0.39, 0.29) is 11.4 Å². The number of benzene rings is 2. The van der Waals surface area contributed by atoms with Crippen molar-refractivity contribution in [3.05, 3.63) is 92.6 Å². The molecule has 0 unspecified atom stereocenters. The van der Waals surface area contributed by atoms with Gasteiger partial charge in [-0.1, -0.05) is 24.3 Å². The van der Waals surface area contributed by atoms with Crippen LogP contribution in [0.4, 0.5) is 4.39 Å². The zero-order chi connectivity index (χ0) is 22.8. The van der Waals surface area contributed by atoms with Gasteiger partial charge in [-0.25, -0.2) is 9.37 Å². The van der Waals surface area contributed by atoms with Crippen LogP contribution in [0.25, 0.3) is 10.2 Å². The molecule has 1 aliphatic carbocycles. The molecule has 1 aliphatic rings. The van der Waals surface area contributed by atoms with Crippen LogP contribution in [0.3, 0.4) is 0 Å². The molecule has 1 atom stereocenters. The molecule has 2 heterocycles. The smallest absolute Gasteiger partial charge is 0.262 e. The Kier molecular flexibility index (Phi) is 6.24. The van der Waals surface area contributed by atoms with Crippen molar-refractivity contribution >= 4 is 21.6 Å². The third-order valence-electron chi connectivity index (χ3n) is 6.30. The molecule has 2 aromatic carbocycles. The van der Waals surface area contributed by atoms with Gasteiger partial charge in [0.1, 0.15) is 16.4 Å². The number of hydrogen-bond donors (Lipinski definition) is 1. The third-order valence-corrected chi connectivity index (χ3v) is 7.46. The number of rotatable bonds is 7. The zero-order valence-corrected chi connectivity index (χ0v) is 19.3. The number of nitrogens with zero attached hydrogens (tertiary/aromatic N) is 2. The van der Waals surface area contributed by atoms with Crippen LogP contribution in [0.5, 0.6) is 5.75 Å². The van der Waals surface area contributed by atoms with Gasteiger partial charge in [-0.15, -0.1) is 11.3 Å². The number of fused-ring (bicyclic) bond motifs is 3. The van der Waals surface area contributed by atoms with Gasteiger partial charge in [0.25, 0.3) is 5.56 Å². The van der Waals surface area contributed by atoms with E-state index in [1.807, 2.05) is 30.3 Å². The van der Waals surface area contributed by atoms with Crippen molar-refractivity contribution in [1.82, 2.24) is 14.9 Å². The summed E-state index contributed by atoms with van der Waals surface area (Å²) in [6, 6.07) is 14.9. The van der Waals surface area contributed by atoms with Crippen LogP contribution in [-0.4, -0.2) is 22.7 Å². The lowest BCUT2D eigenvalue weighted by atomic mass is 9.93. The fourth-order valence-electron chi connectivity index (χ4n) is 4.52. The van der Waals surface area contributed by atoms with E-state index >= 15 is 0 Å². The van der Waals surface area contributed by atoms with Crippen molar-refractivity contribution in [3.63, 3.8) is 0 Å². The summed E-state index contributed by atoms with van der Waals surface area (Å²) < 4.78 is 20.5. The Hall–Kier alpha value is -3.03. The van der Waals surface area contributed by atoms with Crippen molar-refractivity contribution in [2.45, 2.75) is 44.8 Å². The highest BCUT2D eigenvalue weighted by Crippen LogP contribution is 2.33. The molecule has 5 rings (SSSR count). The first-order valence-corrected chi connectivity index (χ1v) is 12.0. The summed E-state index contributed by atoms with van der Waals surface area (Å²) >= 11 is 1.63. The van der Waals surface area contributed by atoms with Gasteiger partial charge in [0, 0.05) is 24.0 Å². The first kappa shape index (κ1) is 21.8. The normalized spacial score (nSPS) is 15.5. The summed E-state index contributed by atoms with van der Waals surface area (Å²) in [6.07, 6.45) is 5.09. The van der Waals surface area contributed by atoms with Crippen LogP contribution >= 0.6 is 11.3 Å². The molecule has 33 heavy (non-hydrogen) atoms. The minimum absolute atomic E-state index is 0.0477. The third kappa shape index (κ3) is 4.70. The van der Waals surface area contributed by atoms with E-state index in [1.54, 1.807) is 41.5 Å². The van der Waals surface area contributed by atoms with E-state index in [0.29, 0.717) is 19.1 Å². The molecule has 7 heteroatoms. The Morgan fingerprint density at radius 1 is 1.21 bits per heavy atom. The molecule has 0 amide bonds. The Morgan fingerprint density at radius 3 is 2.91 bits per heavy atom. The lowest BCUT2D eigenvalue weighted by Crippen LogP contribution is -2.33. The van der Waals surface area contributed by atoms with Crippen LogP contribution in [0, 0.1) is 5.82 Å². The second-order valence-corrected chi connectivity index (χ2v) is 9.56. The summed E-state index contributed by atoms with van der Waals surface area (Å²) in [6.45, 7) is 1.22. The predicted molar refractivity (Wildman–Crippen MR) is 130 cm³/mol. The van der Waals surface area contributed by atoms with Crippen molar-refractivity contribution in [3.8, 4) is 5.75 Å². The number of aryl methyl sites for hydroxylation is 3. The molecular formula is C26H26FN3O2S. The average Bonchev–Trinajstić information content (AvgIpc) is 3.21. The maximum Gasteiger partial charge on any atom is 0.262 e. The number of methoxy groups -OCH3 is 1. The Balaban J connectivity index is 1.31. The highest BCUT2D eigenvalue weighted by atomic mass is 32.1. The second-order valence-electron chi connectivity index (χ2n) is 8.48. The minimum Gasteiger partial charge on any atom is -0.497 e. The highest BCUT2D eigenvalue weighted by molar-refractivity contribution is 7.18. The van der Waals surface area contributed by atoms with E-state index in [4.69, 9.17) is 4.74 Å². The first-order valence-electron chi connectivity index (χ1n) is 11.2. The molecule has 2 aromatic heterocycles. The van der Waals surface area contributed by atoms with Gasteiger partial charge in [0.05, 0.1) is 18.8 Å². The van der Waals surface area contributed by atoms with E-state index in [0.717, 1.165) is 58.3 Å². The van der Waals surface area contributed by atoms with Gasteiger partial charge in [-0.3, -0.25) is 9.36 Å². The molecule has 0 saturated heterocycles. The van der Waals surface area contributed by atoms with Crippen LogP contribution in [-0.2, 0) is 32.4 Å². The lowest BCUT2D eigenvalue weighted by molar-refractivity contribution is 0.414. The summed E-state index contributed by atoms with van der Waals surface area (Å²) in [5.74, 6) is 0.611. The van der Waals surface area contributed by atoms with Crippen LogP contribution in [0.2, 0.25) is 0 Å². The summed E-state index contributed by atoms with van der Waals surface area (Å²) in [5, 5.41) is 4.33. The topological polar surface area (TPSA) is 56.2 Å². The van der Waals surface area contributed by atoms with E-state index in [2.05, 4.69) is 10.3 Å². The van der Waals surface area contributed by atoms with Crippen LogP contribution < -0.4 is 15.6 Å². The van der Waals surface area contributed by atoms with Gasteiger partial charge in [0.2, 0.25) is 0 Å². The van der Waals surface area contributed by atoms with Gasteiger partial charge in [-0.05, 0) is 66.6 Å². The zero-order valence-electron chi connectivity index (χ0n) is 18.5. The highest BCUT2D eigenvalue weighted by Gasteiger charge is 2.25. The monoisotopic (exact) mass is 463 g/mol. The number of aromatic nitrogens is 2. The molecule has 0 bridgehead atoms. The second kappa shape index (κ2) is 9.45. The molecule has 4 aromatic rings. The number of halogens is 1. The quantitative estimate of drug-likeness (QED) is 0.439. The first-order chi connectivity index (χ1) is 16.1. The van der Waals surface area contributed by atoms with Gasteiger partial charge >= 0.3 is 0 Å². The summed E-state index contributed by atoms with van der Waals surface area (Å²) in [4.78, 5) is 20.0. The van der Waals surface area contributed by atoms with Crippen LogP contribution in [0.15, 0.2) is 59.7 Å². The number of hydrogen-bond acceptors (Lipinski definition) is 5. The number of ether oxygens (including phenoxy) is 1. The van der Waals surface area contributed by atoms with E-state index in [1.165, 1.54) is 10.9 Å². The number of nitrogens with one attached hydrogen (secondary N) is 1. The largest absolute Gasteiger partial charge is 0.497 e. The molecule has 0 spiro atoms. The van der Waals surface area contributed by atoms with Gasteiger partial charge in [0.15, 0.2) is 0 Å². The molecule has 0 fully saturated rings. The molecule has 1 N–H and O–H groups in total. The van der Waals surface area contributed by atoms with Crippen molar-refractivity contribution in [2.75, 3.05) is 7.11 Å². The fourth-order valence-corrected chi connectivity index (χ4v) is 5.78. The van der Waals surface area contributed by atoms with Gasteiger partial charge < -0.3 is 10.1 Å². The van der Waals surface area contributed by atoms with E-state index < -0.39 is 0 Å². The minimum atomic E-state index is -0.210. The average molecular weight is 464 g/mol. The van der Waals surface area contributed by atoms with Crippen molar-refractivity contribution in [2.24, 2.45) is 0 Å². The summed E-state index contributed by atoms with van der Waals surface area (Å²) in [7, 11) is 1.66. The van der Waals surface area contributed by atoms with E-state index in [9.17, 15) is 9.18 Å². The number of thiophene rings is 1. The van der Waals surface area contributed by atoms with Crippen molar-refractivity contribution in [1.29, 1.82) is 0 Å². The van der Waals surface area contributed by atoms with Gasteiger partial charge in [-0.2, -0.15) is 0 Å². The molecular weight excluding hydrogens is 437 g/mol. The Morgan fingerprint density at radius 2 is 2.06 bits per heavy atom. The molecule has 5 nitrogen and oxygen atoms in total. The maximum atomic E-state index is 13.4. The SMILES string of the molecule is COc1cccc(CCn2cnc3sc4c(c3c2=O)CC[C@@H](NCc2cccc(F)c2)C4)c1. The van der Waals surface area contributed by atoms with Crippen molar-refractivity contribution < 1.29 is 9.13 Å². The lowest BCUT2D eigenvalue weighted by Gasteiger charge is -2.23. The predicted octanol–water partition coefficient (Wildman–Crippen LogP) is 4.50. The standard InChI is InChI=1S/C26H26FN3O2S/c1-32-21-7-3-4-17(13-21)10-11-30-16-29-25-24(26(30)31)22-9-8-20(14-23(22)33-25)28-15-18-5-2-6-19(27)12-18/h2-7,12-13,16,20,28H,8-11,14-15H2,1H3/t20-/m1/s1. The maximum absolute atomic E-state index is 13.4. The molecule has 0 saturated carbocycles. The molecule has 0 aliphatic heterocycles. The molecule has 0 radical (unpaired) electrons. The Labute approximate surface area is 195 Å². The Bertz CT molecular complexity index is 1350. The fraction of sp³-hybridized carbons (Fsp3) is 0.308. The summed E-state index contributed by atoms with van der Waals surface area (Å²) in [5.41, 5.74) is 3.28.